The van der Waals surface area contributed by atoms with Gasteiger partial charge in [-0.05, 0) is 47.5 Å². The number of carbonyl (C=O) groups is 1. The topological polar surface area (TPSA) is 50.8 Å². The van der Waals surface area contributed by atoms with E-state index < -0.39 is 11.6 Å². The molecule has 5 nitrogen and oxygen atoms in total. The third-order valence-corrected chi connectivity index (χ3v) is 6.22. The molecule has 4 aromatic rings. The molecule has 5 rings (SSSR count). The monoisotopic (exact) mass is 488 g/mol. The molecule has 1 N–H and O–H groups in total. The second kappa shape index (κ2) is 10.8. The fraction of sp³-hybridized carbons (Fsp3) is 0.207. The molecule has 0 spiro atoms. The molecule has 0 bridgehead atoms. The Labute approximate surface area is 208 Å². The van der Waals surface area contributed by atoms with E-state index in [0.717, 1.165) is 55.4 Å². The van der Waals surface area contributed by atoms with Crippen molar-refractivity contribution in [1.82, 2.24) is 4.90 Å². The maximum atomic E-state index is 13.7. The van der Waals surface area contributed by atoms with Gasteiger partial charge in [0, 0.05) is 47.7 Å². The van der Waals surface area contributed by atoms with Gasteiger partial charge in [-0.2, -0.15) is 0 Å². The lowest BCUT2D eigenvalue weighted by atomic mass is 10.0. The number of carbonyl (C=O) groups excluding carboxylic acids is 1. The number of halogens is 2. The van der Waals surface area contributed by atoms with Crippen LogP contribution in [0.15, 0.2) is 78.9 Å². The van der Waals surface area contributed by atoms with E-state index >= 15 is 0 Å². The molecule has 1 fully saturated rings. The van der Waals surface area contributed by atoms with E-state index in [4.69, 9.17) is 9.47 Å². The molecular weight excluding hydrogens is 462 g/mol. The van der Waals surface area contributed by atoms with Gasteiger partial charge in [-0.15, -0.1) is 0 Å². The molecule has 0 unspecified atom stereocenters. The second-order valence-corrected chi connectivity index (χ2v) is 8.65. The highest BCUT2D eigenvalue weighted by atomic mass is 19.1. The van der Waals surface area contributed by atoms with Gasteiger partial charge in [0.05, 0.1) is 13.2 Å². The van der Waals surface area contributed by atoms with Crippen LogP contribution in [0.3, 0.4) is 0 Å². The van der Waals surface area contributed by atoms with E-state index in [1.165, 1.54) is 12.1 Å². The molecular formula is C29H26F2N2O3. The number of benzene rings is 4. The van der Waals surface area contributed by atoms with Crippen LogP contribution in [0.1, 0.15) is 10.4 Å². The summed E-state index contributed by atoms with van der Waals surface area (Å²) in [7, 11) is 0. The molecule has 1 saturated heterocycles. The van der Waals surface area contributed by atoms with Gasteiger partial charge in [-0.1, -0.05) is 36.4 Å². The van der Waals surface area contributed by atoms with Gasteiger partial charge in [-0.25, -0.2) is 8.78 Å². The smallest absolute Gasteiger partial charge is 0.255 e. The SMILES string of the molecule is O=C(Nc1ccc(OCCN2CCOCC2)c2ccccc12)c1cccc(-c2cc(F)cc(F)c2)c1. The largest absolute Gasteiger partial charge is 0.492 e. The van der Waals surface area contributed by atoms with Gasteiger partial charge in [0.1, 0.15) is 24.0 Å². The van der Waals surface area contributed by atoms with Crippen molar-refractivity contribution < 1.29 is 23.0 Å². The molecule has 1 aliphatic heterocycles. The Morgan fingerprint density at radius 1 is 0.861 bits per heavy atom. The summed E-state index contributed by atoms with van der Waals surface area (Å²) in [6.07, 6.45) is 0. The molecule has 0 aromatic heterocycles. The Balaban J connectivity index is 1.33. The summed E-state index contributed by atoms with van der Waals surface area (Å²) in [5.74, 6) is -0.899. The first-order valence-electron chi connectivity index (χ1n) is 11.9. The standard InChI is InChI=1S/C29H26F2N2O3/c30-23-17-22(18-24(31)19-23)20-4-3-5-21(16-20)29(34)32-27-8-9-28(26-7-2-1-6-25(26)27)36-15-12-33-10-13-35-14-11-33/h1-9,16-19H,10-15H2,(H,32,34). The lowest BCUT2D eigenvalue weighted by Crippen LogP contribution is -2.38. The summed E-state index contributed by atoms with van der Waals surface area (Å²) >= 11 is 0. The lowest BCUT2D eigenvalue weighted by molar-refractivity contribution is 0.0323. The van der Waals surface area contributed by atoms with Crippen molar-refractivity contribution in [2.45, 2.75) is 0 Å². The van der Waals surface area contributed by atoms with Gasteiger partial charge in [-0.3, -0.25) is 9.69 Å². The zero-order chi connectivity index (χ0) is 24.9. The fourth-order valence-corrected chi connectivity index (χ4v) is 4.37. The minimum atomic E-state index is -0.668. The average molecular weight is 489 g/mol. The quantitative estimate of drug-likeness (QED) is 0.360. The normalized spacial score (nSPS) is 14.1. The zero-order valence-corrected chi connectivity index (χ0v) is 19.7. The first-order chi connectivity index (χ1) is 17.6. The number of fused-ring (bicyclic) bond motifs is 1. The minimum absolute atomic E-state index is 0.320. The van der Waals surface area contributed by atoms with Crippen LogP contribution in [-0.2, 0) is 4.74 Å². The van der Waals surface area contributed by atoms with Gasteiger partial charge in [0.2, 0.25) is 0 Å². The van der Waals surface area contributed by atoms with Crippen LogP contribution in [0.2, 0.25) is 0 Å². The highest BCUT2D eigenvalue weighted by molar-refractivity contribution is 6.10. The van der Waals surface area contributed by atoms with Crippen LogP contribution in [-0.4, -0.2) is 50.3 Å². The van der Waals surface area contributed by atoms with Crippen molar-refractivity contribution >= 4 is 22.4 Å². The third kappa shape index (κ3) is 5.53. The zero-order valence-electron chi connectivity index (χ0n) is 19.7. The minimum Gasteiger partial charge on any atom is -0.492 e. The Morgan fingerprint density at radius 3 is 2.39 bits per heavy atom. The number of ether oxygens (including phenoxy) is 2. The maximum absolute atomic E-state index is 13.7. The number of rotatable bonds is 7. The predicted molar refractivity (Wildman–Crippen MR) is 136 cm³/mol. The number of hydrogen-bond acceptors (Lipinski definition) is 4. The summed E-state index contributed by atoms with van der Waals surface area (Å²) < 4.78 is 38.8. The number of nitrogens with zero attached hydrogens (tertiary/aromatic N) is 1. The van der Waals surface area contributed by atoms with Crippen molar-refractivity contribution in [3.05, 3.63) is 96.1 Å². The average Bonchev–Trinajstić information content (AvgIpc) is 2.90. The van der Waals surface area contributed by atoms with Crippen LogP contribution >= 0.6 is 0 Å². The Hall–Kier alpha value is -3.81. The first-order valence-corrected chi connectivity index (χ1v) is 11.9. The molecule has 4 aromatic carbocycles. The molecule has 184 valence electrons. The van der Waals surface area contributed by atoms with Gasteiger partial charge in [0.15, 0.2) is 0 Å². The number of amides is 1. The van der Waals surface area contributed by atoms with Crippen molar-refractivity contribution in [1.29, 1.82) is 0 Å². The molecule has 0 radical (unpaired) electrons. The van der Waals surface area contributed by atoms with E-state index in [-0.39, 0.29) is 5.91 Å². The van der Waals surface area contributed by atoms with E-state index in [1.807, 2.05) is 36.4 Å². The fourth-order valence-electron chi connectivity index (χ4n) is 4.37. The molecule has 0 atom stereocenters. The van der Waals surface area contributed by atoms with Gasteiger partial charge in [0.25, 0.3) is 5.91 Å². The highest BCUT2D eigenvalue weighted by Crippen LogP contribution is 2.32. The van der Waals surface area contributed by atoms with Gasteiger partial charge >= 0.3 is 0 Å². The maximum Gasteiger partial charge on any atom is 0.255 e. The predicted octanol–water partition coefficient (Wildman–Crippen LogP) is 5.75. The van der Waals surface area contributed by atoms with E-state index in [1.54, 1.807) is 24.3 Å². The number of hydrogen-bond donors (Lipinski definition) is 1. The van der Waals surface area contributed by atoms with E-state index in [2.05, 4.69) is 10.2 Å². The van der Waals surface area contributed by atoms with Crippen molar-refractivity contribution in [2.75, 3.05) is 44.8 Å². The lowest BCUT2D eigenvalue weighted by Gasteiger charge is -2.26. The van der Waals surface area contributed by atoms with Crippen LogP contribution < -0.4 is 10.1 Å². The summed E-state index contributed by atoms with van der Waals surface area (Å²) in [6, 6.07) is 21.4. The molecule has 1 amide bonds. The third-order valence-electron chi connectivity index (χ3n) is 6.22. The van der Waals surface area contributed by atoms with Crippen molar-refractivity contribution in [3.8, 4) is 16.9 Å². The van der Waals surface area contributed by atoms with Crippen LogP contribution in [0.4, 0.5) is 14.5 Å². The van der Waals surface area contributed by atoms with Crippen molar-refractivity contribution in [2.24, 2.45) is 0 Å². The summed E-state index contributed by atoms with van der Waals surface area (Å²) in [6.45, 7) is 4.69. The Kier molecular flexibility index (Phi) is 7.21. The van der Waals surface area contributed by atoms with Crippen molar-refractivity contribution in [3.63, 3.8) is 0 Å². The number of morpholine rings is 1. The van der Waals surface area contributed by atoms with Crippen LogP contribution in [0, 0.1) is 11.6 Å². The second-order valence-electron chi connectivity index (χ2n) is 8.65. The Bertz CT molecular complexity index is 1370. The molecule has 0 aliphatic carbocycles. The Morgan fingerprint density at radius 2 is 1.61 bits per heavy atom. The van der Waals surface area contributed by atoms with Crippen LogP contribution in [0.5, 0.6) is 5.75 Å². The first kappa shape index (κ1) is 23.9. The highest BCUT2D eigenvalue weighted by Gasteiger charge is 2.14. The summed E-state index contributed by atoms with van der Waals surface area (Å²) in [5.41, 5.74) is 1.95. The molecule has 1 aliphatic rings. The van der Waals surface area contributed by atoms with Gasteiger partial charge < -0.3 is 14.8 Å². The number of nitrogens with one attached hydrogen (secondary N) is 1. The van der Waals surface area contributed by atoms with E-state index in [9.17, 15) is 13.6 Å². The molecule has 0 saturated carbocycles. The molecule has 7 heteroatoms. The molecule has 36 heavy (non-hydrogen) atoms. The molecule has 1 heterocycles. The summed E-state index contributed by atoms with van der Waals surface area (Å²) in [5, 5.41) is 4.74. The van der Waals surface area contributed by atoms with Crippen LogP contribution in [0.25, 0.3) is 21.9 Å². The number of anilines is 1. The summed E-state index contributed by atoms with van der Waals surface area (Å²) in [4.78, 5) is 15.4. The van der Waals surface area contributed by atoms with E-state index in [0.29, 0.717) is 29.0 Å².